The molecule has 2 aromatic rings. The predicted octanol–water partition coefficient (Wildman–Crippen LogP) is 2.65. The monoisotopic (exact) mass is 371 g/mol. The molecular weight excluding hydrogens is 349 g/mol. The zero-order valence-electron chi connectivity index (χ0n) is 15.2. The van der Waals surface area contributed by atoms with Crippen LogP contribution in [0.2, 0.25) is 0 Å². The van der Waals surface area contributed by atoms with Crippen molar-refractivity contribution in [3.8, 4) is 0 Å². The van der Waals surface area contributed by atoms with Gasteiger partial charge in [0.2, 0.25) is 11.8 Å². The highest BCUT2D eigenvalue weighted by Gasteiger charge is 2.19. The molecule has 0 spiro atoms. The van der Waals surface area contributed by atoms with E-state index in [1.54, 1.807) is 6.07 Å². The van der Waals surface area contributed by atoms with Gasteiger partial charge in [-0.05, 0) is 30.3 Å². The highest BCUT2D eigenvalue weighted by atomic mass is 19.1. The summed E-state index contributed by atoms with van der Waals surface area (Å²) in [7, 11) is 0. The number of anilines is 3. The zero-order valence-corrected chi connectivity index (χ0v) is 15.2. The van der Waals surface area contributed by atoms with Crippen LogP contribution in [-0.4, -0.2) is 44.7 Å². The molecule has 27 heavy (non-hydrogen) atoms. The number of nitrogens with one attached hydrogen (secondary N) is 1. The minimum atomic E-state index is -0.461. The van der Waals surface area contributed by atoms with E-state index in [4.69, 9.17) is 4.74 Å². The first-order valence-electron chi connectivity index (χ1n) is 8.80. The largest absolute Gasteiger partial charge is 0.378 e. The van der Waals surface area contributed by atoms with Crippen LogP contribution in [-0.2, 0) is 14.3 Å². The van der Waals surface area contributed by atoms with Gasteiger partial charge in [-0.2, -0.15) is 0 Å². The Balaban J connectivity index is 1.74. The van der Waals surface area contributed by atoms with Gasteiger partial charge in [0.25, 0.3) is 0 Å². The van der Waals surface area contributed by atoms with Crippen LogP contribution in [0.5, 0.6) is 0 Å². The molecule has 0 unspecified atom stereocenters. The van der Waals surface area contributed by atoms with Crippen molar-refractivity contribution in [2.45, 2.75) is 6.92 Å². The third kappa shape index (κ3) is 4.83. The first kappa shape index (κ1) is 18.8. The Bertz CT molecular complexity index is 822. The predicted molar refractivity (Wildman–Crippen MR) is 103 cm³/mol. The van der Waals surface area contributed by atoms with E-state index in [0.717, 1.165) is 18.8 Å². The molecule has 1 N–H and O–H groups in total. The molecule has 1 saturated heterocycles. The van der Waals surface area contributed by atoms with Gasteiger partial charge in [0.15, 0.2) is 0 Å². The first-order valence-corrected chi connectivity index (χ1v) is 8.80. The summed E-state index contributed by atoms with van der Waals surface area (Å²) in [5, 5.41) is 2.87. The van der Waals surface area contributed by atoms with Crippen molar-refractivity contribution in [3.05, 3.63) is 54.3 Å². The topological polar surface area (TPSA) is 61.9 Å². The highest BCUT2D eigenvalue weighted by Crippen LogP contribution is 2.26. The molecule has 1 aliphatic rings. The van der Waals surface area contributed by atoms with Gasteiger partial charge in [0.05, 0.1) is 24.6 Å². The molecule has 1 aliphatic heterocycles. The van der Waals surface area contributed by atoms with E-state index in [1.165, 1.54) is 30.0 Å². The number of morpholine rings is 1. The maximum atomic E-state index is 13.5. The summed E-state index contributed by atoms with van der Waals surface area (Å²) in [6.45, 7) is 3.92. The van der Waals surface area contributed by atoms with Gasteiger partial charge in [0.1, 0.15) is 12.4 Å². The van der Waals surface area contributed by atoms with Crippen LogP contribution in [0.4, 0.5) is 21.5 Å². The summed E-state index contributed by atoms with van der Waals surface area (Å²) in [4.78, 5) is 27.9. The lowest BCUT2D eigenvalue weighted by atomic mass is 10.2. The Morgan fingerprint density at radius 2 is 1.89 bits per heavy atom. The summed E-state index contributed by atoms with van der Waals surface area (Å²) in [5.41, 5.74) is 1.93. The van der Waals surface area contributed by atoms with Crippen molar-refractivity contribution in [2.75, 3.05) is 48.0 Å². The molecule has 1 fully saturated rings. The molecule has 2 aromatic carbocycles. The molecule has 1 heterocycles. The van der Waals surface area contributed by atoms with Crippen molar-refractivity contribution in [3.63, 3.8) is 0 Å². The minimum Gasteiger partial charge on any atom is -0.378 e. The van der Waals surface area contributed by atoms with Gasteiger partial charge < -0.3 is 19.9 Å². The second kappa shape index (κ2) is 8.64. The normalized spacial score (nSPS) is 13.9. The van der Waals surface area contributed by atoms with Gasteiger partial charge in [-0.25, -0.2) is 4.39 Å². The molecule has 6 nitrogen and oxygen atoms in total. The van der Waals surface area contributed by atoms with Crippen LogP contribution in [0.25, 0.3) is 0 Å². The summed E-state index contributed by atoms with van der Waals surface area (Å²) in [6.07, 6.45) is 0. The van der Waals surface area contributed by atoms with Gasteiger partial charge in [-0.15, -0.1) is 0 Å². The number of hydrogen-bond donors (Lipinski definition) is 1. The van der Waals surface area contributed by atoms with E-state index in [9.17, 15) is 14.0 Å². The Morgan fingerprint density at radius 1 is 1.15 bits per heavy atom. The lowest BCUT2D eigenvalue weighted by Crippen LogP contribution is -2.38. The molecule has 0 bridgehead atoms. The molecule has 0 atom stereocenters. The Hall–Kier alpha value is -2.93. The van der Waals surface area contributed by atoms with E-state index < -0.39 is 5.82 Å². The molecule has 3 rings (SSSR count). The van der Waals surface area contributed by atoms with E-state index in [2.05, 4.69) is 10.2 Å². The zero-order chi connectivity index (χ0) is 19.2. The number of amides is 2. The third-order valence-corrected chi connectivity index (χ3v) is 4.33. The van der Waals surface area contributed by atoms with Crippen molar-refractivity contribution >= 4 is 28.9 Å². The summed E-state index contributed by atoms with van der Waals surface area (Å²) in [5.74, 6) is -1.15. The van der Waals surface area contributed by atoms with Crippen molar-refractivity contribution < 1.29 is 18.7 Å². The maximum Gasteiger partial charge on any atom is 0.244 e. The number of hydrogen-bond acceptors (Lipinski definition) is 4. The van der Waals surface area contributed by atoms with E-state index in [1.807, 2.05) is 24.3 Å². The Labute approximate surface area is 157 Å². The lowest BCUT2D eigenvalue weighted by Gasteiger charge is -2.30. The van der Waals surface area contributed by atoms with Crippen LogP contribution in [0, 0.1) is 5.82 Å². The number of carbonyl (C=O) groups is 2. The van der Waals surface area contributed by atoms with E-state index in [-0.39, 0.29) is 18.4 Å². The van der Waals surface area contributed by atoms with Gasteiger partial charge >= 0.3 is 0 Å². The molecule has 142 valence electrons. The van der Waals surface area contributed by atoms with E-state index in [0.29, 0.717) is 24.6 Å². The fourth-order valence-corrected chi connectivity index (χ4v) is 3.02. The van der Waals surface area contributed by atoms with Crippen LogP contribution < -0.4 is 15.1 Å². The summed E-state index contributed by atoms with van der Waals surface area (Å²) >= 11 is 0. The van der Waals surface area contributed by atoms with Gasteiger partial charge in [0, 0.05) is 25.7 Å². The highest BCUT2D eigenvalue weighted by molar-refractivity contribution is 6.03. The number of rotatable bonds is 5. The van der Waals surface area contributed by atoms with Crippen LogP contribution in [0.3, 0.4) is 0 Å². The number of benzene rings is 2. The number of halogens is 1. The van der Waals surface area contributed by atoms with Crippen molar-refractivity contribution in [2.24, 2.45) is 0 Å². The minimum absolute atomic E-state index is 0.198. The standard InChI is InChI=1S/C20H22FN3O3/c1-15(25)24(17-6-4-5-16(21)13-17)14-20(26)22-18-7-2-3-8-19(18)23-9-11-27-12-10-23/h2-8,13H,9-12,14H2,1H3,(H,22,26). The number of para-hydroxylation sites is 2. The van der Waals surface area contributed by atoms with Gasteiger partial charge in [-0.3, -0.25) is 9.59 Å². The van der Waals surface area contributed by atoms with Crippen LogP contribution in [0.1, 0.15) is 6.92 Å². The van der Waals surface area contributed by atoms with E-state index >= 15 is 0 Å². The average molecular weight is 371 g/mol. The fourth-order valence-electron chi connectivity index (χ4n) is 3.02. The second-order valence-corrected chi connectivity index (χ2v) is 6.25. The Kier molecular flexibility index (Phi) is 6.03. The maximum absolute atomic E-state index is 13.5. The molecule has 0 aromatic heterocycles. The number of ether oxygens (including phenoxy) is 1. The van der Waals surface area contributed by atoms with Gasteiger partial charge in [-0.1, -0.05) is 18.2 Å². The quantitative estimate of drug-likeness (QED) is 0.878. The lowest BCUT2D eigenvalue weighted by molar-refractivity contribution is -0.120. The first-order chi connectivity index (χ1) is 13.0. The molecule has 0 aliphatic carbocycles. The Morgan fingerprint density at radius 3 is 2.59 bits per heavy atom. The fraction of sp³-hybridized carbons (Fsp3) is 0.300. The number of carbonyl (C=O) groups excluding carboxylic acids is 2. The molecular formula is C20H22FN3O3. The average Bonchev–Trinajstić information content (AvgIpc) is 2.67. The smallest absolute Gasteiger partial charge is 0.244 e. The molecule has 0 radical (unpaired) electrons. The SMILES string of the molecule is CC(=O)N(CC(=O)Nc1ccccc1N1CCOCC1)c1cccc(F)c1. The molecule has 2 amide bonds. The van der Waals surface area contributed by atoms with Crippen LogP contribution in [0.15, 0.2) is 48.5 Å². The van der Waals surface area contributed by atoms with Crippen molar-refractivity contribution in [1.82, 2.24) is 0 Å². The van der Waals surface area contributed by atoms with Crippen molar-refractivity contribution in [1.29, 1.82) is 0 Å². The summed E-state index contributed by atoms with van der Waals surface area (Å²) in [6, 6.07) is 13.1. The van der Waals surface area contributed by atoms with Crippen LogP contribution >= 0.6 is 0 Å². The second-order valence-electron chi connectivity index (χ2n) is 6.25. The molecule has 7 heteroatoms. The number of nitrogens with zero attached hydrogens (tertiary/aromatic N) is 2. The third-order valence-electron chi connectivity index (χ3n) is 4.33. The summed E-state index contributed by atoms with van der Waals surface area (Å²) < 4.78 is 18.9. The molecule has 0 saturated carbocycles.